The van der Waals surface area contributed by atoms with Crippen LogP contribution in [0.3, 0.4) is 0 Å². The molecule has 5 amide bonds. The van der Waals surface area contributed by atoms with E-state index < -0.39 is 37.0 Å². The number of urea groups is 1. The molecular weight excluding hydrogens is 481 g/mol. The van der Waals surface area contributed by atoms with Gasteiger partial charge in [0.15, 0.2) is 0 Å². The Labute approximate surface area is 203 Å². The van der Waals surface area contributed by atoms with E-state index in [4.69, 9.17) is 0 Å². The van der Waals surface area contributed by atoms with Crippen LogP contribution in [-0.4, -0.2) is 53.7 Å². The maximum Gasteiger partial charge on any atom is 0.522 e. The van der Waals surface area contributed by atoms with Gasteiger partial charge >= 0.3 is 12.4 Å². The van der Waals surface area contributed by atoms with E-state index in [1.165, 1.54) is 21.9 Å². The number of para-hydroxylation sites is 1. The molecule has 188 valence electrons. The summed E-state index contributed by atoms with van der Waals surface area (Å²) in [5.41, 5.74) is 2.52. The molecule has 1 saturated heterocycles. The molecule has 9 nitrogen and oxygen atoms in total. The number of amides is 5. The van der Waals surface area contributed by atoms with Crippen LogP contribution in [0.1, 0.15) is 34.3 Å². The van der Waals surface area contributed by atoms with Gasteiger partial charge in [-0.25, -0.2) is 4.79 Å². The summed E-state index contributed by atoms with van der Waals surface area (Å²) >= 11 is 0. The first-order valence-electron chi connectivity index (χ1n) is 11.3. The summed E-state index contributed by atoms with van der Waals surface area (Å²) in [5, 5.41) is 4.94. The highest BCUT2D eigenvalue weighted by Crippen LogP contribution is 2.34. The maximum absolute atomic E-state index is 13.2. The first kappa shape index (κ1) is 23.8. The molecule has 0 saturated carbocycles. The van der Waals surface area contributed by atoms with Crippen molar-refractivity contribution in [3.05, 3.63) is 59.2 Å². The average Bonchev–Trinajstić information content (AvgIpc) is 3.34. The van der Waals surface area contributed by atoms with Gasteiger partial charge in [0.1, 0.15) is 6.04 Å². The van der Waals surface area contributed by atoms with Gasteiger partial charge < -0.3 is 10.2 Å². The summed E-state index contributed by atoms with van der Waals surface area (Å²) in [6.45, 7) is -0.593. The summed E-state index contributed by atoms with van der Waals surface area (Å²) in [5.74, 6) is -1.26. The zero-order chi connectivity index (χ0) is 25.6. The van der Waals surface area contributed by atoms with E-state index in [-0.39, 0.29) is 37.6 Å². The molecule has 0 bridgehead atoms. The SMILES string of the molecule is O=C1CCC(N2Cc3cc(NC(=O)N4c5ccccc5C[C@H]4COC(F)(F)F)ccc3C2=O)C(=O)N1. The molecule has 5 rings (SSSR count). The van der Waals surface area contributed by atoms with E-state index in [2.05, 4.69) is 15.4 Å². The van der Waals surface area contributed by atoms with E-state index in [0.29, 0.717) is 22.5 Å². The van der Waals surface area contributed by atoms with Crippen molar-refractivity contribution in [3.63, 3.8) is 0 Å². The van der Waals surface area contributed by atoms with Crippen LogP contribution in [0.4, 0.5) is 29.3 Å². The van der Waals surface area contributed by atoms with Gasteiger partial charge in [-0.2, -0.15) is 0 Å². The lowest BCUT2D eigenvalue weighted by Gasteiger charge is -2.29. The third kappa shape index (κ3) is 4.51. The molecule has 12 heteroatoms. The van der Waals surface area contributed by atoms with Gasteiger partial charge in [0.05, 0.1) is 12.6 Å². The number of hydrogen-bond donors (Lipinski definition) is 2. The minimum atomic E-state index is -4.82. The Bertz CT molecular complexity index is 1260. The van der Waals surface area contributed by atoms with Crippen LogP contribution in [0.15, 0.2) is 42.5 Å². The topological polar surface area (TPSA) is 108 Å². The van der Waals surface area contributed by atoms with E-state index >= 15 is 0 Å². The number of nitrogens with zero attached hydrogens (tertiary/aromatic N) is 2. The number of carbonyl (C=O) groups is 4. The minimum absolute atomic E-state index is 0.124. The number of piperidine rings is 1. The average molecular weight is 502 g/mol. The molecule has 2 N–H and O–H groups in total. The highest BCUT2D eigenvalue weighted by Gasteiger charge is 2.40. The lowest BCUT2D eigenvalue weighted by molar-refractivity contribution is -0.325. The minimum Gasteiger partial charge on any atom is -0.322 e. The molecule has 0 spiro atoms. The Hall–Kier alpha value is -3.93. The highest BCUT2D eigenvalue weighted by atomic mass is 19.4. The van der Waals surface area contributed by atoms with Gasteiger partial charge in [0.25, 0.3) is 5.91 Å². The number of anilines is 2. The van der Waals surface area contributed by atoms with Crippen LogP contribution in [-0.2, 0) is 27.3 Å². The van der Waals surface area contributed by atoms with Gasteiger partial charge in [0, 0.05) is 29.9 Å². The van der Waals surface area contributed by atoms with Crippen LogP contribution in [0.2, 0.25) is 0 Å². The summed E-state index contributed by atoms with van der Waals surface area (Å²) in [7, 11) is 0. The number of benzene rings is 2. The standard InChI is InChI=1S/C24H21F3N4O5/c25-24(26,27)36-12-16-10-13-3-1-2-4-18(13)31(16)23(35)28-15-5-6-17-14(9-15)11-30(22(17)34)19-7-8-20(32)29-21(19)33/h1-6,9,16,19H,7-8,10-12H2,(H,28,35)(H,29,32,33)/t16-,19?/m0/s1. The Balaban J connectivity index is 1.33. The number of ether oxygens (including phenoxy) is 1. The maximum atomic E-state index is 13.2. The number of hydrogen-bond acceptors (Lipinski definition) is 5. The van der Waals surface area contributed by atoms with Gasteiger partial charge in [0.2, 0.25) is 11.8 Å². The molecular formula is C24H21F3N4O5. The third-order valence-corrected chi connectivity index (χ3v) is 6.50. The molecule has 2 aromatic carbocycles. The number of rotatable bonds is 4. The lowest BCUT2D eigenvalue weighted by Crippen LogP contribution is -2.52. The van der Waals surface area contributed by atoms with Crippen molar-refractivity contribution >= 4 is 35.1 Å². The Morgan fingerprint density at radius 1 is 1.11 bits per heavy atom. The summed E-state index contributed by atoms with van der Waals surface area (Å²) in [4.78, 5) is 52.3. The van der Waals surface area contributed by atoms with Crippen molar-refractivity contribution in [1.82, 2.24) is 10.2 Å². The molecule has 0 radical (unpaired) electrons. The number of carbonyl (C=O) groups excluding carboxylic acids is 4. The predicted molar refractivity (Wildman–Crippen MR) is 120 cm³/mol. The van der Waals surface area contributed by atoms with Crippen molar-refractivity contribution in [2.75, 3.05) is 16.8 Å². The fraction of sp³-hybridized carbons (Fsp3) is 0.333. The molecule has 36 heavy (non-hydrogen) atoms. The zero-order valence-corrected chi connectivity index (χ0v) is 18.8. The van der Waals surface area contributed by atoms with Crippen molar-refractivity contribution in [2.24, 2.45) is 0 Å². The molecule has 1 unspecified atom stereocenters. The summed E-state index contributed by atoms with van der Waals surface area (Å²) < 4.78 is 42.0. The van der Waals surface area contributed by atoms with E-state index in [1.807, 2.05) is 0 Å². The van der Waals surface area contributed by atoms with Crippen LogP contribution >= 0.6 is 0 Å². The molecule has 2 aromatic rings. The van der Waals surface area contributed by atoms with Crippen molar-refractivity contribution in [1.29, 1.82) is 0 Å². The summed E-state index contributed by atoms with van der Waals surface area (Å²) in [6, 6.07) is 9.22. The number of imide groups is 1. The predicted octanol–water partition coefficient (Wildman–Crippen LogP) is 2.95. The van der Waals surface area contributed by atoms with Crippen molar-refractivity contribution < 1.29 is 37.1 Å². The van der Waals surface area contributed by atoms with Gasteiger partial charge in [-0.15, -0.1) is 13.2 Å². The number of halogens is 3. The fourth-order valence-corrected chi connectivity index (χ4v) is 4.90. The van der Waals surface area contributed by atoms with Crippen molar-refractivity contribution in [2.45, 2.75) is 44.3 Å². The zero-order valence-electron chi connectivity index (χ0n) is 18.8. The fourth-order valence-electron chi connectivity index (χ4n) is 4.90. The first-order chi connectivity index (χ1) is 17.1. The molecule has 1 fully saturated rings. The molecule has 0 aromatic heterocycles. The lowest BCUT2D eigenvalue weighted by atomic mass is 10.0. The second kappa shape index (κ2) is 8.94. The van der Waals surface area contributed by atoms with Crippen LogP contribution in [0.5, 0.6) is 0 Å². The molecule has 3 aliphatic heterocycles. The van der Waals surface area contributed by atoms with E-state index in [9.17, 15) is 32.3 Å². The van der Waals surface area contributed by atoms with Crippen LogP contribution in [0, 0.1) is 0 Å². The van der Waals surface area contributed by atoms with E-state index in [0.717, 1.165) is 5.56 Å². The highest BCUT2D eigenvalue weighted by molar-refractivity contribution is 6.07. The normalized spacial score (nSPS) is 21.4. The van der Waals surface area contributed by atoms with Gasteiger partial charge in [-0.05, 0) is 48.2 Å². The number of nitrogens with one attached hydrogen (secondary N) is 2. The Morgan fingerprint density at radius 2 is 1.89 bits per heavy atom. The first-order valence-corrected chi connectivity index (χ1v) is 11.3. The number of alkyl halides is 3. The van der Waals surface area contributed by atoms with Crippen LogP contribution in [0.25, 0.3) is 0 Å². The smallest absolute Gasteiger partial charge is 0.322 e. The Kier molecular flexibility index (Phi) is 5.91. The quantitative estimate of drug-likeness (QED) is 0.626. The largest absolute Gasteiger partial charge is 0.522 e. The molecule has 3 aliphatic rings. The number of fused-ring (bicyclic) bond motifs is 2. The Morgan fingerprint density at radius 3 is 2.64 bits per heavy atom. The van der Waals surface area contributed by atoms with E-state index in [1.54, 1.807) is 30.3 Å². The molecule has 2 atom stereocenters. The second-order valence-electron chi connectivity index (χ2n) is 8.82. The van der Waals surface area contributed by atoms with Gasteiger partial charge in [-0.3, -0.25) is 29.3 Å². The molecule has 3 heterocycles. The van der Waals surface area contributed by atoms with Gasteiger partial charge in [-0.1, -0.05) is 18.2 Å². The van der Waals surface area contributed by atoms with Crippen LogP contribution < -0.4 is 15.5 Å². The monoisotopic (exact) mass is 502 g/mol. The second-order valence-corrected chi connectivity index (χ2v) is 8.82. The summed E-state index contributed by atoms with van der Waals surface area (Å²) in [6.07, 6.45) is -4.25. The third-order valence-electron chi connectivity index (χ3n) is 6.50. The molecule has 0 aliphatic carbocycles. The van der Waals surface area contributed by atoms with Crippen molar-refractivity contribution in [3.8, 4) is 0 Å².